The lowest BCUT2D eigenvalue weighted by Gasteiger charge is -2.12. The van der Waals surface area contributed by atoms with E-state index in [0.717, 1.165) is 61.1 Å². The molecule has 1 aliphatic heterocycles. The standard InChI is InChI=1S/C35H24N2O2/c1-2-8-22(9-3-1)23-14-17-25(18-15-23)36-31-21-29-27-19-16-24(35-37-30-12-6-7-13-32(30)39-35)20-33(27)38-34(29)28-11-5-4-10-26(28)31/h1-21,35-37H. The summed E-state index contributed by atoms with van der Waals surface area (Å²) < 4.78 is 12.6. The molecule has 0 saturated carbocycles. The maximum absolute atomic E-state index is 6.50. The van der Waals surface area contributed by atoms with Gasteiger partial charge >= 0.3 is 0 Å². The molecular formula is C35H24N2O2. The molecule has 7 aromatic rings. The van der Waals surface area contributed by atoms with Gasteiger partial charge < -0.3 is 19.8 Å². The molecule has 2 N–H and O–H groups in total. The van der Waals surface area contributed by atoms with E-state index in [1.54, 1.807) is 0 Å². The number of furan rings is 1. The lowest BCUT2D eigenvalue weighted by atomic mass is 10.0. The SMILES string of the molecule is c1ccc(-c2ccc(Nc3cc4c5ccc(C6Nc7ccccc7O6)cc5oc4c4ccccc34)cc2)cc1. The van der Waals surface area contributed by atoms with Crippen LogP contribution in [0.2, 0.25) is 0 Å². The lowest BCUT2D eigenvalue weighted by Crippen LogP contribution is -2.09. The van der Waals surface area contributed by atoms with Crippen LogP contribution in [-0.4, -0.2) is 0 Å². The summed E-state index contributed by atoms with van der Waals surface area (Å²) in [5.41, 5.74) is 8.27. The van der Waals surface area contributed by atoms with Crippen LogP contribution >= 0.6 is 0 Å². The van der Waals surface area contributed by atoms with Crippen molar-refractivity contribution in [1.29, 1.82) is 0 Å². The summed E-state index contributed by atoms with van der Waals surface area (Å²) in [6.45, 7) is 0. The summed E-state index contributed by atoms with van der Waals surface area (Å²) in [7, 11) is 0. The minimum atomic E-state index is -0.243. The van der Waals surface area contributed by atoms with E-state index in [9.17, 15) is 0 Å². The van der Waals surface area contributed by atoms with Gasteiger partial charge in [0.2, 0.25) is 0 Å². The Morgan fingerprint density at radius 3 is 2.18 bits per heavy atom. The molecule has 0 bridgehead atoms. The van der Waals surface area contributed by atoms with Gasteiger partial charge in [-0.3, -0.25) is 0 Å². The van der Waals surface area contributed by atoms with Crippen LogP contribution in [0.4, 0.5) is 17.1 Å². The van der Waals surface area contributed by atoms with Gasteiger partial charge in [0.1, 0.15) is 16.9 Å². The van der Waals surface area contributed by atoms with Crippen molar-refractivity contribution in [1.82, 2.24) is 0 Å². The van der Waals surface area contributed by atoms with E-state index in [1.165, 1.54) is 11.1 Å². The lowest BCUT2D eigenvalue weighted by molar-refractivity contribution is 0.260. The van der Waals surface area contributed by atoms with Crippen LogP contribution in [0.15, 0.2) is 132 Å². The molecule has 0 amide bonds. The van der Waals surface area contributed by atoms with Gasteiger partial charge in [-0.1, -0.05) is 91.0 Å². The number of benzene rings is 6. The van der Waals surface area contributed by atoms with Gasteiger partial charge in [-0.25, -0.2) is 0 Å². The molecule has 1 aromatic heterocycles. The summed E-state index contributed by atoms with van der Waals surface area (Å²) in [6.07, 6.45) is -0.243. The molecule has 0 aliphatic carbocycles. The van der Waals surface area contributed by atoms with Crippen molar-refractivity contribution in [3.63, 3.8) is 0 Å². The highest BCUT2D eigenvalue weighted by Crippen LogP contribution is 2.42. The van der Waals surface area contributed by atoms with E-state index < -0.39 is 0 Å². The summed E-state index contributed by atoms with van der Waals surface area (Å²) in [4.78, 5) is 0. The first-order valence-electron chi connectivity index (χ1n) is 13.1. The zero-order valence-electron chi connectivity index (χ0n) is 21.0. The minimum Gasteiger partial charge on any atom is -0.464 e. The zero-order chi connectivity index (χ0) is 25.8. The molecule has 0 spiro atoms. The van der Waals surface area contributed by atoms with Gasteiger partial charge in [-0.05, 0) is 47.5 Å². The molecule has 2 heterocycles. The Hall–Kier alpha value is -5.22. The second-order valence-electron chi connectivity index (χ2n) is 9.91. The molecular weight excluding hydrogens is 480 g/mol. The molecule has 0 radical (unpaired) electrons. The predicted octanol–water partition coefficient (Wildman–Crippen LogP) is 9.65. The van der Waals surface area contributed by atoms with Gasteiger partial charge in [-0.2, -0.15) is 0 Å². The fourth-order valence-corrected chi connectivity index (χ4v) is 5.55. The van der Waals surface area contributed by atoms with Gasteiger partial charge in [0.15, 0.2) is 6.23 Å². The van der Waals surface area contributed by atoms with E-state index in [2.05, 4.69) is 108 Å². The Kier molecular flexibility index (Phi) is 4.85. The maximum atomic E-state index is 6.50. The number of fused-ring (bicyclic) bond motifs is 6. The van der Waals surface area contributed by atoms with Crippen molar-refractivity contribution in [3.8, 4) is 16.9 Å². The number of hydrogen-bond acceptors (Lipinski definition) is 4. The molecule has 1 aliphatic rings. The van der Waals surface area contributed by atoms with E-state index in [4.69, 9.17) is 9.15 Å². The average molecular weight is 505 g/mol. The summed E-state index contributed by atoms with van der Waals surface area (Å²) in [5, 5.41) is 11.5. The van der Waals surface area contributed by atoms with Crippen molar-refractivity contribution >= 4 is 49.8 Å². The first kappa shape index (κ1) is 21.8. The highest BCUT2D eigenvalue weighted by Gasteiger charge is 2.24. The second kappa shape index (κ2) is 8.67. The van der Waals surface area contributed by atoms with Crippen molar-refractivity contribution < 1.29 is 9.15 Å². The smallest absolute Gasteiger partial charge is 0.196 e. The number of nitrogens with one attached hydrogen (secondary N) is 2. The second-order valence-corrected chi connectivity index (χ2v) is 9.91. The van der Waals surface area contributed by atoms with Crippen molar-refractivity contribution in [2.75, 3.05) is 10.6 Å². The molecule has 1 atom stereocenters. The molecule has 6 aromatic carbocycles. The molecule has 1 unspecified atom stereocenters. The van der Waals surface area contributed by atoms with Crippen LogP contribution in [0.1, 0.15) is 11.8 Å². The van der Waals surface area contributed by atoms with E-state index in [0.29, 0.717) is 0 Å². The topological polar surface area (TPSA) is 46.4 Å². The Morgan fingerprint density at radius 2 is 1.33 bits per heavy atom. The highest BCUT2D eigenvalue weighted by molar-refractivity contribution is 6.19. The minimum absolute atomic E-state index is 0.243. The van der Waals surface area contributed by atoms with Gasteiger partial charge in [-0.15, -0.1) is 0 Å². The Morgan fingerprint density at radius 1 is 0.590 bits per heavy atom. The Labute approximate surface area is 225 Å². The summed E-state index contributed by atoms with van der Waals surface area (Å²) in [5.74, 6) is 0.866. The summed E-state index contributed by atoms with van der Waals surface area (Å²) >= 11 is 0. The molecule has 0 saturated heterocycles. The van der Waals surface area contributed by atoms with E-state index in [-0.39, 0.29) is 6.23 Å². The van der Waals surface area contributed by atoms with Gasteiger partial charge in [0.05, 0.1) is 5.69 Å². The number of ether oxygens (including phenoxy) is 1. The average Bonchev–Trinajstić information content (AvgIpc) is 3.60. The van der Waals surface area contributed by atoms with Crippen molar-refractivity contribution in [2.45, 2.75) is 6.23 Å². The highest BCUT2D eigenvalue weighted by atomic mass is 16.5. The summed E-state index contributed by atoms with van der Waals surface area (Å²) in [6, 6.07) is 44.0. The van der Waals surface area contributed by atoms with Crippen LogP contribution < -0.4 is 15.4 Å². The van der Waals surface area contributed by atoms with Gasteiger partial charge in [0.25, 0.3) is 0 Å². The Balaban J connectivity index is 1.19. The van der Waals surface area contributed by atoms with Crippen LogP contribution in [0.5, 0.6) is 5.75 Å². The van der Waals surface area contributed by atoms with E-state index >= 15 is 0 Å². The van der Waals surface area contributed by atoms with E-state index in [1.807, 2.05) is 30.3 Å². The normalized spacial score (nSPS) is 14.3. The van der Waals surface area contributed by atoms with Gasteiger partial charge in [0, 0.05) is 38.5 Å². The third-order valence-electron chi connectivity index (χ3n) is 7.50. The van der Waals surface area contributed by atoms with Crippen LogP contribution in [0, 0.1) is 0 Å². The number of rotatable bonds is 4. The molecule has 39 heavy (non-hydrogen) atoms. The Bertz CT molecular complexity index is 1970. The maximum Gasteiger partial charge on any atom is 0.196 e. The monoisotopic (exact) mass is 504 g/mol. The third kappa shape index (κ3) is 3.69. The number of para-hydroxylation sites is 2. The first-order valence-corrected chi connectivity index (χ1v) is 13.1. The fraction of sp³-hybridized carbons (Fsp3) is 0.0286. The number of anilines is 3. The quantitative estimate of drug-likeness (QED) is 0.250. The fourth-order valence-electron chi connectivity index (χ4n) is 5.55. The van der Waals surface area contributed by atoms with Crippen molar-refractivity contribution in [2.24, 2.45) is 0 Å². The number of hydrogen-bond donors (Lipinski definition) is 2. The van der Waals surface area contributed by atoms with Crippen LogP contribution in [-0.2, 0) is 0 Å². The van der Waals surface area contributed by atoms with Crippen molar-refractivity contribution in [3.05, 3.63) is 133 Å². The first-order chi connectivity index (χ1) is 19.3. The molecule has 186 valence electrons. The molecule has 4 nitrogen and oxygen atoms in total. The molecule has 4 heteroatoms. The van der Waals surface area contributed by atoms with Crippen LogP contribution in [0.25, 0.3) is 43.8 Å². The zero-order valence-corrected chi connectivity index (χ0v) is 21.0. The molecule has 8 rings (SSSR count). The van der Waals surface area contributed by atoms with Crippen LogP contribution in [0.3, 0.4) is 0 Å². The largest absolute Gasteiger partial charge is 0.464 e. The third-order valence-corrected chi connectivity index (χ3v) is 7.50. The molecule has 0 fully saturated rings. The predicted molar refractivity (Wildman–Crippen MR) is 160 cm³/mol.